The second-order valence-electron chi connectivity index (χ2n) is 5.35. The van der Waals surface area contributed by atoms with Crippen molar-refractivity contribution < 1.29 is 9.59 Å². The first-order valence-corrected chi connectivity index (χ1v) is 7.69. The molecule has 3 heteroatoms. The van der Waals surface area contributed by atoms with Crippen LogP contribution in [0.5, 0.6) is 0 Å². The summed E-state index contributed by atoms with van der Waals surface area (Å²) in [5.74, 6) is -0.814. The van der Waals surface area contributed by atoms with Crippen LogP contribution in [0.2, 0.25) is 0 Å². The van der Waals surface area contributed by atoms with Crippen molar-refractivity contribution in [3.63, 3.8) is 0 Å². The van der Waals surface area contributed by atoms with Gasteiger partial charge in [-0.3, -0.25) is 9.59 Å². The van der Waals surface area contributed by atoms with Crippen LogP contribution >= 0.6 is 0 Å². The molecule has 1 aliphatic heterocycles. The van der Waals surface area contributed by atoms with E-state index in [1.54, 1.807) is 0 Å². The van der Waals surface area contributed by atoms with Gasteiger partial charge in [0, 0.05) is 6.42 Å². The highest BCUT2D eigenvalue weighted by molar-refractivity contribution is 6.03. The summed E-state index contributed by atoms with van der Waals surface area (Å²) >= 11 is 0. The molecule has 1 fully saturated rings. The summed E-state index contributed by atoms with van der Waals surface area (Å²) in [4.78, 5) is 22.2. The quantitative estimate of drug-likeness (QED) is 0.343. The Labute approximate surface area is 116 Å². The van der Waals surface area contributed by atoms with E-state index in [1.165, 1.54) is 51.4 Å². The molecule has 1 saturated heterocycles. The third kappa shape index (κ3) is 7.14. The van der Waals surface area contributed by atoms with Crippen molar-refractivity contribution in [2.24, 2.45) is 5.92 Å². The zero-order valence-corrected chi connectivity index (χ0v) is 12.1. The monoisotopic (exact) mass is 264 g/mol. The number of carbonyl (C=O) groups excluding carboxylic acids is 2. The first-order valence-electron chi connectivity index (χ1n) is 7.69. The van der Waals surface area contributed by atoms with Crippen molar-refractivity contribution in [1.82, 2.24) is 5.32 Å². The number of unbranched alkanes of at least 4 members (excludes halogenated alkanes) is 8. The van der Waals surface area contributed by atoms with Gasteiger partial charge in [-0.15, -0.1) is 0 Å². The Morgan fingerprint density at radius 2 is 1.68 bits per heavy atom. The summed E-state index contributed by atoms with van der Waals surface area (Å²) in [6, 6.07) is 0. The number of hydrogen-bond acceptors (Lipinski definition) is 2. The van der Waals surface area contributed by atoms with E-state index in [0.717, 1.165) is 6.42 Å². The van der Waals surface area contributed by atoms with Gasteiger partial charge in [-0.2, -0.15) is 5.32 Å². The number of rotatable bonds is 10. The maximum Gasteiger partial charge on any atom is 0.256 e. The van der Waals surface area contributed by atoms with E-state index in [4.69, 9.17) is 0 Å². The third-order valence-electron chi connectivity index (χ3n) is 3.54. The highest BCUT2D eigenvalue weighted by Crippen LogP contribution is 2.15. The molecule has 0 aromatic heterocycles. The lowest BCUT2D eigenvalue weighted by atomic mass is 10.0. The van der Waals surface area contributed by atoms with E-state index in [0.29, 0.717) is 0 Å². The Bertz CT molecular complexity index is 310. The Hall–Kier alpha value is -1.12. The summed E-state index contributed by atoms with van der Waals surface area (Å²) in [5.41, 5.74) is 0. The molecule has 0 N–H and O–H groups in total. The molecule has 0 aromatic rings. The molecule has 19 heavy (non-hydrogen) atoms. The van der Waals surface area contributed by atoms with Gasteiger partial charge >= 0.3 is 0 Å². The SMILES string of the molecule is CCCCCCCCCCC=CC1CC(=O)[N]C1=O. The molecule has 1 atom stereocenters. The Kier molecular flexibility index (Phi) is 8.19. The summed E-state index contributed by atoms with van der Waals surface area (Å²) in [5, 5.41) is 3.41. The van der Waals surface area contributed by atoms with E-state index in [1.807, 2.05) is 12.2 Å². The molecular formula is C16H26NO2. The van der Waals surface area contributed by atoms with Crippen molar-refractivity contribution in [3.8, 4) is 0 Å². The molecule has 1 unspecified atom stereocenters. The number of carbonyl (C=O) groups is 2. The number of imide groups is 1. The minimum Gasteiger partial charge on any atom is -0.272 e. The summed E-state index contributed by atoms with van der Waals surface area (Å²) in [6.07, 6.45) is 15.7. The predicted molar refractivity (Wildman–Crippen MR) is 76.6 cm³/mol. The molecule has 107 valence electrons. The molecule has 0 saturated carbocycles. The molecule has 0 spiro atoms. The van der Waals surface area contributed by atoms with Crippen LogP contribution in [0.3, 0.4) is 0 Å². The van der Waals surface area contributed by atoms with Crippen LogP contribution in [-0.4, -0.2) is 11.8 Å². The first-order chi connectivity index (χ1) is 9.24. The fraction of sp³-hybridized carbons (Fsp3) is 0.750. The average Bonchev–Trinajstić information content (AvgIpc) is 2.70. The minimum absolute atomic E-state index is 0.267. The van der Waals surface area contributed by atoms with Crippen LogP contribution in [0.4, 0.5) is 0 Å². The van der Waals surface area contributed by atoms with Gasteiger partial charge in [0.25, 0.3) is 5.91 Å². The molecule has 3 nitrogen and oxygen atoms in total. The highest BCUT2D eigenvalue weighted by atomic mass is 16.2. The lowest BCUT2D eigenvalue weighted by Crippen LogP contribution is -2.13. The summed E-state index contributed by atoms with van der Waals surface area (Å²) in [7, 11) is 0. The van der Waals surface area contributed by atoms with Gasteiger partial charge in [0.05, 0.1) is 5.92 Å². The molecule has 1 rings (SSSR count). The fourth-order valence-corrected chi connectivity index (χ4v) is 2.33. The maximum atomic E-state index is 11.2. The van der Waals surface area contributed by atoms with Crippen LogP contribution in [0.15, 0.2) is 12.2 Å². The van der Waals surface area contributed by atoms with Crippen molar-refractivity contribution in [2.75, 3.05) is 0 Å². The van der Waals surface area contributed by atoms with E-state index in [-0.39, 0.29) is 24.2 Å². The topological polar surface area (TPSA) is 48.2 Å². The van der Waals surface area contributed by atoms with Crippen molar-refractivity contribution in [1.29, 1.82) is 0 Å². The highest BCUT2D eigenvalue weighted by Gasteiger charge is 2.29. The second kappa shape index (κ2) is 9.76. The first kappa shape index (κ1) is 15.9. The van der Waals surface area contributed by atoms with Gasteiger partial charge in [-0.05, 0) is 12.8 Å². The molecule has 1 radical (unpaired) electrons. The fourth-order valence-electron chi connectivity index (χ4n) is 2.33. The van der Waals surface area contributed by atoms with Crippen molar-refractivity contribution >= 4 is 11.8 Å². The van der Waals surface area contributed by atoms with Crippen LogP contribution in [0, 0.1) is 5.92 Å². The van der Waals surface area contributed by atoms with Gasteiger partial charge < -0.3 is 0 Å². The van der Waals surface area contributed by atoms with Gasteiger partial charge in [-0.25, -0.2) is 0 Å². The zero-order valence-electron chi connectivity index (χ0n) is 12.1. The van der Waals surface area contributed by atoms with Gasteiger partial charge in [0.15, 0.2) is 0 Å². The van der Waals surface area contributed by atoms with Crippen LogP contribution < -0.4 is 5.32 Å². The summed E-state index contributed by atoms with van der Waals surface area (Å²) < 4.78 is 0. The maximum absolute atomic E-state index is 11.2. The number of amides is 2. The lowest BCUT2D eigenvalue weighted by Gasteiger charge is -2.00. The van der Waals surface area contributed by atoms with Gasteiger partial charge in [0.1, 0.15) is 0 Å². The predicted octanol–water partition coefficient (Wildman–Crippen LogP) is 3.75. The Morgan fingerprint density at radius 3 is 2.26 bits per heavy atom. The molecule has 0 aromatic carbocycles. The van der Waals surface area contributed by atoms with Gasteiger partial charge in [-0.1, -0.05) is 64.0 Å². The summed E-state index contributed by atoms with van der Waals surface area (Å²) in [6.45, 7) is 2.24. The van der Waals surface area contributed by atoms with E-state index >= 15 is 0 Å². The van der Waals surface area contributed by atoms with Crippen LogP contribution in [-0.2, 0) is 9.59 Å². The standard InChI is InChI=1S/C16H26NO2/c1-2-3-4-5-6-7-8-9-10-11-12-14-13-15(18)17-16(14)19/h11-12,14H,2-10,13H2,1H3. The Balaban J connectivity index is 1.93. The third-order valence-corrected chi connectivity index (χ3v) is 3.54. The van der Waals surface area contributed by atoms with Crippen LogP contribution in [0.1, 0.15) is 71.1 Å². The largest absolute Gasteiger partial charge is 0.272 e. The van der Waals surface area contributed by atoms with Gasteiger partial charge in [0.2, 0.25) is 5.91 Å². The van der Waals surface area contributed by atoms with Crippen molar-refractivity contribution in [2.45, 2.75) is 71.1 Å². The number of nitrogens with zero attached hydrogens (tertiary/aromatic N) is 1. The molecule has 1 aliphatic rings. The van der Waals surface area contributed by atoms with Crippen molar-refractivity contribution in [3.05, 3.63) is 12.2 Å². The molecular weight excluding hydrogens is 238 g/mol. The average molecular weight is 264 g/mol. The molecule has 0 aliphatic carbocycles. The molecule has 0 bridgehead atoms. The van der Waals surface area contributed by atoms with E-state index in [2.05, 4.69) is 12.2 Å². The van der Waals surface area contributed by atoms with Crippen LogP contribution in [0.25, 0.3) is 0 Å². The normalized spacial score (nSPS) is 19.3. The number of allylic oxidation sites excluding steroid dienone is 1. The molecule has 2 amide bonds. The minimum atomic E-state index is -0.276. The zero-order chi connectivity index (χ0) is 13.9. The smallest absolute Gasteiger partial charge is 0.256 e. The molecule has 1 heterocycles. The Morgan fingerprint density at radius 1 is 1.05 bits per heavy atom. The van der Waals surface area contributed by atoms with E-state index < -0.39 is 0 Å². The lowest BCUT2D eigenvalue weighted by molar-refractivity contribution is -0.125. The second-order valence-corrected chi connectivity index (χ2v) is 5.35. The number of hydrogen-bond donors (Lipinski definition) is 0. The van der Waals surface area contributed by atoms with E-state index in [9.17, 15) is 9.59 Å².